The molecule has 33 heavy (non-hydrogen) atoms. The number of carboxylic acids is 1. The van der Waals surface area contributed by atoms with E-state index in [9.17, 15) is 29.7 Å². The second-order valence-corrected chi connectivity index (χ2v) is 9.01. The van der Waals surface area contributed by atoms with Crippen molar-refractivity contribution in [2.24, 2.45) is 0 Å². The van der Waals surface area contributed by atoms with Crippen LogP contribution in [0.25, 0.3) is 0 Å². The minimum Gasteiger partial charge on any atom is -0.504 e. The minimum absolute atomic E-state index is 0.0885. The van der Waals surface area contributed by atoms with Gasteiger partial charge in [0.25, 0.3) is 0 Å². The van der Waals surface area contributed by atoms with Crippen molar-refractivity contribution in [2.45, 2.75) is 57.7 Å². The molecule has 0 aliphatic rings. The Kier molecular flexibility index (Phi) is 7.92. The zero-order valence-corrected chi connectivity index (χ0v) is 19.1. The van der Waals surface area contributed by atoms with E-state index in [1.165, 1.54) is 25.1 Å². The summed E-state index contributed by atoms with van der Waals surface area (Å²) in [5.74, 6) is -2.75. The van der Waals surface area contributed by atoms with Crippen LogP contribution in [0.3, 0.4) is 0 Å². The summed E-state index contributed by atoms with van der Waals surface area (Å²) in [7, 11) is 0. The predicted molar refractivity (Wildman–Crippen MR) is 121 cm³/mol. The number of carbonyl (C=O) groups excluding carboxylic acids is 2. The molecule has 0 saturated carbocycles. The predicted octanol–water partition coefficient (Wildman–Crippen LogP) is 2.74. The summed E-state index contributed by atoms with van der Waals surface area (Å²) in [6.45, 7) is 6.56. The normalized spacial score (nSPS) is 13.9. The molecule has 0 bridgehead atoms. The molecule has 9 heteroatoms. The van der Waals surface area contributed by atoms with Crippen LogP contribution in [0.5, 0.6) is 11.5 Å². The Labute approximate surface area is 192 Å². The number of nitrogens with one attached hydrogen (secondary N) is 2. The number of carboxylic acid groups (broad SMARTS) is 1. The molecule has 5 N–H and O–H groups in total. The van der Waals surface area contributed by atoms with Crippen LogP contribution in [0, 0.1) is 0 Å². The fourth-order valence-corrected chi connectivity index (χ4v) is 3.16. The van der Waals surface area contributed by atoms with Gasteiger partial charge in [0, 0.05) is 12.8 Å². The van der Waals surface area contributed by atoms with E-state index in [0.717, 1.165) is 5.56 Å². The first kappa shape index (κ1) is 25.5. The topological polar surface area (TPSA) is 145 Å². The average molecular weight is 459 g/mol. The SMILES string of the molecule is CC(C)(C)OC(=O)N[C@@](C)(Cc1ccccc1)C(=O)N[C@@H](Cc1ccc(O)c(O)c1)C(=O)O. The van der Waals surface area contributed by atoms with Gasteiger partial charge in [-0.2, -0.15) is 0 Å². The molecule has 2 amide bonds. The highest BCUT2D eigenvalue weighted by Crippen LogP contribution is 2.25. The van der Waals surface area contributed by atoms with Gasteiger partial charge in [-0.1, -0.05) is 36.4 Å². The van der Waals surface area contributed by atoms with Gasteiger partial charge in [0.2, 0.25) is 5.91 Å². The van der Waals surface area contributed by atoms with E-state index in [-0.39, 0.29) is 18.6 Å². The molecular formula is C24H30N2O7. The number of ether oxygens (including phenoxy) is 1. The molecule has 9 nitrogen and oxygen atoms in total. The smallest absolute Gasteiger partial charge is 0.408 e. The molecule has 2 rings (SSSR count). The molecule has 0 fully saturated rings. The highest BCUT2D eigenvalue weighted by Gasteiger charge is 2.38. The minimum atomic E-state index is -1.52. The number of phenols is 2. The quantitative estimate of drug-likeness (QED) is 0.382. The Hall–Kier alpha value is -3.75. The van der Waals surface area contributed by atoms with Gasteiger partial charge in [-0.05, 0) is 51.0 Å². The number of aromatic hydroxyl groups is 2. The first-order valence-corrected chi connectivity index (χ1v) is 10.4. The van der Waals surface area contributed by atoms with Crippen molar-refractivity contribution in [1.29, 1.82) is 0 Å². The number of rotatable bonds is 8. The van der Waals surface area contributed by atoms with Crippen molar-refractivity contribution in [3.05, 3.63) is 59.7 Å². The highest BCUT2D eigenvalue weighted by atomic mass is 16.6. The first-order chi connectivity index (χ1) is 15.3. The molecule has 0 aliphatic carbocycles. The molecular weight excluding hydrogens is 428 g/mol. The lowest BCUT2D eigenvalue weighted by molar-refractivity contribution is -0.142. The zero-order valence-electron chi connectivity index (χ0n) is 19.1. The van der Waals surface area contributed by atoms with Gasteiger partial charge >= 0.3 is 12.1 Å². The molecule has 0 aliphatic heterocycles. The highest BCUT2D eigenvalue weighted by molar-refractivity contribution is 5.92. The van der Waals surface area contributed by atoms with Gasteiger partial charge in [-0.3, -0.25) is 4.79 Å². The molecule has 0 saturated heterocycles. The van der Waals surface area contributed by atoms with Crippen molar-refractivity contribution >= 4 is 18.0 Å². The van der Waals surface area contributed by atoms with Crippen LogP contribution in [0.1, 0.15) is 38.8 Å². The van der Waals surface area contributed by atoms with Crippen LogP contribution < -0.4 is 10.6 Å². The van der Waals surface area contributed by atoms with Crippen molar-refractivity contribution in [1.82, 2.24) is 10.6 Å². The number of alkyl carbamates (subject to hydrolysis) is 1. The molecule has 0 unspecified atom stereocenters. The maximum absolute atomic E-state index is 13.3. The molecule has 0 aromatic heterocycles. The Morgan fingerprint density at radius 1 is 0.939 bits per heavy atom. The van der Waals surface area contributed by atoms with E-state index in [2.05, 4.69) is 10.6 Å². The summed E-state index contributed by atoms with van der Waals surface area (Å²) in [6.07, 6.45) is -0.875. The first-order valence-electron chi connectivity index (χ1n) is 10.4. The second kappa shape index (κ2) is 10.2. The summed E-state index contributed by atoms with van der Waals surface area (Å²) in [6, 6.07) is 11.5. The summed E-state index contributed by atoms with van der Waals surface area (Å²) in [5.41, 5.74) is -1.17. The maximum atomic E-state index is 13.3. The lowest BCUT2D eigenvalue weighted by Crippen LogP contribution is -2.61. The third kappa shape index (κ3) is 7.71. The Morgan fingerprint density at radius 2 is 1.58 bits per heavy atom. The van der Waals surface area contributed by atoms with Crippen LogP contribution in [0.15, 0.2) is 48.5 Å². The fourth-order valence-electron chi connectivity index (χ4n) is 3.16. The standard InChI is InChI=1S/C24H30N2O7/c1-23(2,3)33-22(32)26-24(4,14-15-8-6-5-7-9-15)21(31)25-17(20(29)30)12-16-10-11-18(27)19(28)13-16/h5-11,13,17,27-28H,12,14H2,1-4H3,(H,25,31)(H,26,32)(H,29,30)/t17-,24-/m0/s1. The van der Waals surface area contributed by atoms with Crippen LogP contribution in [0.4, 0.5) is 4.79 Å². The molecule has 178 valence electrons. The Bertz CT molecular complexity index is 1000. The molecule has 0 heterocycles. The lowest BCUT2D eigenvalue weighted by atomic mass is 9.91. The number of amides is 2. The van der Waals surface area contributed by atoms with E-state index in [4.69, 9.17) is 4.74 Å². The molecule has 2 atom stereocenters. The van der Waals surface area contributed by atoms with Gasteiger partial charge in [-0.25, -0.2) is 9.59 Å². The molecule has 0 radical (unpaired) electrons. The van der Waals surface area contributed by atoms with Gasteiger partial charge in [0.05, 0.1) is 0 Å². The lowest BCUT2D eigenvalue weighted by Gasteiger charge is -2.32. The largest absolute Gasteiger partial charge is 0.504 e. The summed E-state index contributed by atoms with van der Waals surface area (Å²) < 4.78 is 5.30. The number of carbonyl (C=O) groups is 3. The maximum Gasteiger partial charge on any atom is 0.408 e. The van der Waals surface area contributed by atoms with Crippen LogP contribution in [0.2, 0.25) is 0 Å². The summed E-state index contributed by atoms with van der Waals surface area (Å²) in [5, 5.41) is 33.8. The van der Waals surface area contributed by atoms with Crippen LogP contribution in [-0.2, 0) is 27.2 Å². The summed E-state index contributed by atoms with van der Waals surface area (Å²) >= 11 is 0. The van der Waals surface area contributed by atoms with Crippen molar-refractivity contribution in [3.8, 4) is 11.5 Å². The van der Waals surface area contributed by atoms with E-state index < -0.39 is 40.9 Å². The average Bonchev–Trinajstić information content (AvgIpc) is 2.69. The van der Waals surface area contributed by atoms with Gasteiger partial charge in [-0.15, -0.1) is 0 Å². The van der Waals surface area contributed by atoms with Gasteiger partial charge in [0.15, 0.2) is 11.5 Å². The van der Waals surface area contributed by atoms with Gasteiger partial charge < -0.3 is 30.7 Å². The van der Waals surface area contributed by atoms with Crippen molar-refractivity contribution in [2.75, 3.05) is 0 Å². The van der Waals surface area contributed by atoms with E-state index in [1.807, 2.05) is 6.07 Å². The fraction of sp³-hybridized carbons (Fsp3) is 0.375. The van der Waals surface area contributed by atoms with Crippen LogP contribution in [-0.4, -0.2) is 50.5 Å². The Balaban J connectivity index is 2.27. The van der Waals surface area contributed by atoms with E-state index in [0.29, 0.717) is 5.56 Å². The van der Waals surface area contributed by atoms with Crippen molar-refractivity contribution < 1.29 is 34.4 Å². The van der Waals surface area contributed by atoms with E-state index in [1.54, 1.807) is 45.0 Å². The number of hydrogen-bond acceptors (Lipinski definition) is 6. The Morgan fingerprint density at radius 3 is 2.12 bits per heavy atom. The monoisotopic (exact) mass is 458 g/mol. The van der Waals surface area contributed by atoms with Gasteiger partial charge in [0.1, 0.15) is 17.2 Å². The van der Waals surface area contributed by atoms with Crippen LogP contribution >= 0.6 is 0 Å². The number of benzene rings is 2. The van der Waals surface area contributed by atoms with Crippen molar-refractivity contribution in [3.63, 3.8) is 0 Å². The molecule has 2 aromatic rings. The third-order valence-corrected chi connectivity index (χ3v) is 4.76. The number of aliphatic carboxylic acids is 1. The zero-order chi connectivity index (χ0) is 24.8. The second-order valence-electron chi connectivity index (χ2n) is 9.01. The molecule has 2 aromatic carbocycles. The third-order valence-electron chi connectivity index (χ3n) is 4.76. The number of hydrogen-bond donors (Lipinski definition) is 5. The number of phenolic OH excluding ortho intramolecular Hbond substituents is 2. The summed E-state index contributed by atoms with van der Waals surface area (Å²) in [4.78, 5) is 37.6. The molecule has 0 spiro atoms. The van der Waals surface area contributed by atoms with E-state index >= 15 is 0 Å².